The van der Waals surface area contributed by atoms with Gasteiger partial charge in [0.2, 0.25) is 11.8 Å². The maximum atomic E-state index is 13.3. The summed E-state index contributed by atoms with van der Waals surface area (Å²) in [5.41, 5.74) is 6.33. The molecule has 2 aliphatic heterocycles. The van der Waals surface area contributed by atoms with Crippen LogP contribution in [0.4, 0.5) is 5.69 Å². The fourth-order valence-electron chi connectivity index (χ4n) is 5.81. The Balaban J connectivity index is 1.23. The van der Waals surface area contributed by atoms with Crippen molar-refractivity contribution >= 4 is 23.4 Å². The number of amides is 3. The quantitative estimate of drug-likeness (QED) is 0.686. The summed E-state index contributed by atoms with van der Waals surface area (Å²) >= 11 is 0. The number of rotatable bonds is 5. The molecule has 1 aromatic heterocycles. The van der Waals surface area contributed by atoms with E-state index in [0.29, 0.717) is 31.9 Å². The predicted octanol–water partition coefficient (Wildman–Crippen LogP) is 1.69. The van der Waals surface area contributed by atoms with Crippen LogP contribution >= 0.6 is 0 Å². The third-order valence-corrected chi connectivity index (χ3v) is 7.93. The molecule has 0 spiro atoms. The molecule has 1 atom stereocenters. The van der Waals surface area contributed by atoms with Crippen LogP contribution in [0.1, 0.15) is 52.6 Å². The molecule has 3 amide bonds. The topological polar surface area (TPSA) is 90.8 Å². The minimum absolute atomic E-state index is 0.00887. The van der Waals surface area contributed by atoms with E-state index in [1.807, 2.05) is 4.90 Å². The maximum Gasteiger partial charge on any atom is 0.274 e. The van der Waals surface area contributed by atoms with Crippen LogP contribution < -0.4 is 10.2 Å². The molecule has 2 aromatic rings. The molecular weight excluding hydrogens is 456 g/mol. The molecule has 36 heavy (non-hydrogen) atoms. The number of hydrogen-bond donors (Lipinski definition) is 1. The van der Waals surface area contributed by atoms with Crippen molar-refractivity contribution < 1.29 is 14.4 Å². The summed E-state index contributed by atoms with van der Waals surface area (Å²) in [6, 6.07) is 6.37. The number of nitrogens with one attached hydrogen (secondary N) is 1. The summed E-state index contributed by atoms with van der Waals surface area (Å²) in [6.45, 7) is 10.0. The number of piperazine rings is 1. The van der Waals surface area contributed by atoms with E-state index in [1.165, 1.54) is 23.7 Å². The van der Waals surface area contributed by atoms with Crippen molar-refractivity contribution in [1.82, 2.24) is 24.9 Å². The normalized spacial score (nSPS) is 19.5. The van der Waals surface area contributed by atoms with Gasteiger partial charge in [0.25, 0.3) is 5.91 Å². The van der Waals surface area contributed by atoms with Crippen LogP contribution in [-0.2, 0) is 29.0 Å². The zero-order chi connectivity index (χ0) is 25.4. The van der Waals surface area contributed by atoms with Gasteiger partial charge < -0.3 is 20.0 Å². The van der Waals surface area contributed by atoms with Crippen molar-refractivity contribution in [2.45, 2.75) is 59.0 Å². The van der Waals surface area contributed by atoms with Crippen LogP contribution in [-0.4, -0.2) is 82.6 Å². The average molecular weight is 493 g/mol. The number of fused-ring (bicyclic) bond motifs is 1. The Bertz CT molecular complexity index is 1180. The minimum atomic E-state index is -0.0886. The Morgan fingerprint density at radius 1 is 1.03 bits per heavy atom. The van der Waals surface area contributed by atoms with E-state index >= 15 is 0 Å². The number of carbonyl (C=O) groups is 3. The monoisotopic (exact) mass is 492 g/mol. The van der Waals surface area contributed by atoms with Gasteiger partial charge in [-0.3, -0.25) is 19.1 Å². The van der Waals surface area contributed by atoms with Crippen LogP contribution in [0.25, 0.3) is 0 Å². The molecule has 1 N–H and O–H groups in total. The second-order valence-electron chi connectivity index (χ2n) is 10.3. The SMILES string of the molecule is CC(=O)NC1CCN(C(=O)c2nn(CC(=O)N3CCN(c4cccc(C)c4C)CC3)c3c2CCC3)C1. The van der Waals surface area contributed by atoms with Crippen LogP contribution in [0.5, 0.6) is 0 Å². The number of aromatic nitrogens is 2. The molecule has 9 heteroatoms. The van der Waals surface area contributed by atoms with Crippen LogP contribution in [0.2, 0.25) is 0 Å². The van der Waals surface area contributed by atoms with Gasteiger partial charge in [-0.2, -0.15) is 5.10 Å². The van der Waals surface area contributed by atoms with Gasteiger partial charge in [0.15, 0.2) is 5.69 Å². The van der Waals surface area contributed by atoms with Crippen LogP contribution in [0, 0.1) is 13.8 Å². The van der Waals surface area contributed by atoms with Crippen molar-refractivity contribution in [2.75, 3.05) is 44.2 Å². The van der Waals surface area contributed by atoms with Crippen LogP contribution in [0.15, 0.2) is 18.2 Å². The summed E-state index contributed by atoms with van der Waals surface area (Å²) in [5, 5.41) is 7.57. The Hall–Kier alpha value is -3.36. The molecule has 1 aromatic carbocycles. The average Bonchev–Trinajstić information content (AvgIpc) is 3.59. The fraction of sp³-hybridized carbons (Fsp3) is 0.556. The highest BCUT2D eigenvalue weighted by atomic mass is 16.2. The lowest BCUT2D eigenvalue weighted by atomic mass is 10.1. The number of likely N-dealkylation sites (tertiary alicyclic amines) is 1. The van der Waals surface area contributed by atoms with E-state index in [1.54, 1.807) is 9.58 Å². The predicted molar refractivity (Wildman–Crippen MR) is 137 cm³/mol. The summed E-state index contributed by atoms with van der Waals surface area (Å²) in [4.78, 5) is 44.0. The lowest BCUT2D eigenvalue weighted by Crippen LogP contribution is -2.50. The van der Waals surface area contributed by atoms with E-state index in [9.17, 15) is 14.4 Å². The molecule has 9 nitrogen and oxygen atoms in total. The van der Waals surface area contributed by atoms with E-state index in [4.69, 9.17) is 0 Å². The summed E-state index contributed by atoms with van der Waals surface area (Å²) in [6.07, 6.45) is 3.39. The largest absolute Gasteiger partial charge is 0.368 e. The third kappa shape index (κ3) is 4.70. The number of aryl methyl sites for hydroxylation is 1. The highest BCUT2D eigenvalue weighted by molar-refractivity contribution is 5.94. The maximum absolute atomic E-state index is 13.3. The van der Waals surface area contributed by atoms with Crippen molar-refractivity contribution in [2.24, 2.45) is 0 Å². The lowest BCUT2D eigenvalue weighted by Gasteiger charge is -2.37. The minimum Gasteiger partial charge on any atom is -0.368 e. The number of hydrogen-bond acceptors (Lipinski definition) is 5. The van der Waals surface area contributed by atoms with E-state index in [-0.39, 0.29) is 30.3 Å². The van der Waals surface area contributed by atoms with E-state index < -0.39 is 0 Å². The zero-order valence-electron chi connectivity index (χ0n) is 21.5. The highest BCUT2D eigenvalue weighted by Crippen LogP contribution is 2.28. The van der Waals surface area contributed by atoms with Crippen molar-refractivity contribution in [3.8, 4) is 0 Å². The third-order valence-electron chi connectivity index (χ3n) is 7.93. The zero-order valence-corrected chi connectivity index (χ0v) is 21.5. The second kappa shape index (κ2) is 9.95. The molecule has 3 aliphatic rings. The molecule has 1 aliphatic carbocycles. The van der Waals surface area contributed by atoms with Gasteiger partial charge in [-0.1, -0.05) is 12.1 Å². The number of benzene rings is 1. The van der Waals surface area contributed by atoms with Gasteiger partial charge in [-0.25, -0.2) is 0 Å². The van der Waals surface area contributed by atoms with Crippen molar-refractivity contribution in [3.63, 3.8) is 0 Å². The first-order chi connectivity index (χ1) is 17.3. The first kappa shape index (κ1) is 24.3. The molecule has 1 unspecified atom stereocenters. The summed E-state index contributed by atoms with van der Waals surface area (Å²) in [5.74, 6) is -0.110. The first-order valence-electron chi connectivity index (χ1n) is 13.1. The summed E-state index contributed by atoms with van der Waals surface area (Å²) in [7, 11) is 0. The van der Waals surface area contributed by atoms with Crippen molar-refractivity contribution in [3.05, 3.63) is 46.3 Å². The van der Waals surface area contributed by atoms with Gasteiger partial charge in [0, 0.05) is 69.2 Å². The fourth-order valence-corrected chi connectivity index (χ4v) is 5.81. The molecule has 5 rings (SSSR count). The van der Waals surface area contributed by atoms with Gasteiger partial charge in [-0.05, 0) is 56.7 Å². The summed E-state index contributed by atoms with van der Waals surface area (Å²) < 4.78 is 1.77. The smallest absolute Gasteiger partial charge is 0.274 e. The van der Waals surface area contributed by atoms with Gasteiger partial charge in [-0.15, -0.1) is 0 Å². The van der Waals surface area contributed by atoms with E-state index in [0.717, 1.165) is 50.0 Å². The second-order valence-corrected chi connectivity index (χ2v) is 10.3. The number of anilines is 1. The molecular formula is C27H36N6O3. The molecule has 0 bridgehead atoms. The Kier molecular flexibility index (Phi) is 6.73. The number of nitrogens with zero attached hydrogens (tertiary/aromatic N) is 5. The highest BCUT2D eigenvalue weighted by Gasteiger charge is 2.34. The molecule has 0 saturated carbocycles. The first-order valence-corrected chi connectivity index (χ1v) is 13.1. The molecule has 3 heterocycles. The van der Waals surface area contributed by atoms with Gasteiger partial charge in [0.05, 0.1) is 0 Å². The molecule has 2 fully saturated rings. The standard InChI is InChI=1S/C27H36N6O3/c1-18-6-4-8-23(19(18)2)30-12-14-31(15-13-30)25(35)17-33-24-9-5-7-22(24)26(29-33)27(36)32-11-10-21(16-32)28-20(3)34/h4,6,8,21H,5,7,9-17H2,1-3H3,(H,28,34). The van der Waals surface area contributed by atoms with Crippen LogP contribution in [0.3, 0.4) is 0 Å². The molecule has 0 radical (unpaired) electrons. The Morgan fingerprint density at radius 3 is 2.56 bits per heavy atom. The van der Waals surface area contributed by atoms with Crippen molar-refractivity contribution in [1.29, 1.82) is 0 Å². The molecule has 192 valence electrons. The van der Waals surface area contributed by atoms with Gasteiger partial charge in [0.1, 0.15) is 6.54 Å². The number of carbonyl (C=O) groups excluding carboxylic acids is 3. The Morgan fingerprint density at radius 2 is 1.81 bits per heavy atom. The lowest BCUT2D eigenvalue weighted by molar-refractivity contribution is -0.132. The van der Waals surface area contributed by atoms with Gasteiger partial charge >= 0.3 is 0 Å². The van der Waals surface area contributed by atoms with E-state index in [2.05, 4.69) is 47.4 Å². The Labute approximate surface area is 212 Å². The molecule has 2 saturated heterocycles.